The topological polar surface area (TPSA) is 56.5 Å². The molecule has 0 N–H and O–H groups in total. The summed E-state index contributed by atoms with van der Waals surface area (Å²) in [7, 11) is -3.14. The number of furan rings is 1. The molecule has 23 heavy (non-hydrogen) atoms. The van der Waals surface area contributed by atoms with Crippen LogP contribution in [0.4, 0.5) is 0 Å². The first-order valence-corrected chi connectivity index (χ1v) is 9.86. The normalized spacial score (nSPS) is 22.1. The van der Waals surface area contributed by atoms with Gasteiger partial charge in [-0.3, -0.25) is 0 Å². The van der Waals surface area contributed by atoms with Gasteiger partial charge in [-0.15, -0.1) is 0 Å². The third-order valence-electron chi connectivity index (χ3n) is 4.49. The van der Waals surface area contributed by atoms with E-state index in [-0.39, 0.29) is 6.10 Å². The minimum Gasteiger partial charge on any atom is -0.472 e. The van der Waals surface area contributed by atoms with Gasteiger partial charge in [0.25, 0.3) is 0 Å². The van der Waals surface area contributed by atoms with E-state index in [1.807, 2.05) is 24.5 Å². The van der Waals surface area contributed by atoms with Crippen LogP contribution < -0.4 is 0 Å². The number of sulfone groups is 1. The van der Waals surface area contributed by atoms with Crippen molar-refractivity contribution in [2.24, 2.45) is 0 Å². The van der Waals surface area contributed by atoms with E-state index < -0.39 is 9.84 Å². The molecule has 2 aromatic rings. The number of ether oxygens (including phenoxy) is 1. The first kappa shape index (κ1) is 16.3. The van der Waals surface area contributed by atoms with E-state index in [2.05, 4.69) is 0 Å². The van der Waals surface area contributed by atoms with E-state index in [1.165, 1.54) is 24.7 Å². The number of rotatable bonds is 5. The number of benzene rings is 1. The predicted molar refractivity (Wildman–Crippen MR) is 88.0 cm³/mol. The van der Waals surface area contributed by atoms with Crippen LogP contribution in [0.3, 0.4) is 0 Å². The van der Waals surface area contributed by atoms with Gasteiger partial charge in [-0.05, 0) is 42.2 Å². The molecule has 1 aromatic carbocycles. The van der Waals surface area contributed by atoms with E-state index in [0.717, 1.165) is 18.4 Å². The van der Waals surface area contributed by atoms with Crippen molar-refractivity contribution in [3.05, 3.63) is 54.0 Å². The van der Waals surface area contributed by atoms with Crippen molar-refractivity contribution in [2.75, 3.05) is 6.26 Å². The minimum atomic E-state index is -3.14. The molecule has 0 aliphatic heterocycles. The van der Waals surface area contributed by atoms with Gasteiger partial charge in [0, 0.05) is 12.2 Å². The highest BCUT2D eigenvalue weighted by Gasteiger charge is 2.27. The van der Waals surface area contributed by atoms with E-state index in [1.54, 1.807) is 18.4 Å². The molecule has 5 heteroatoms. The molecule has 1 aliphatic carbocycles. The van der Waals surface area contributed by atoms with Crippen LogP contribution in [0.1, 0.15) is 42.7 Å². The Kier molecular flexibility index (Phi) is 4.87. The zero-order chi connectivity index (χ0) is 16.3. The van der Waals surface area contributed by atoms with Gasteiger partial charge in [0.1, 0.15) is 0 Å². The summed E-state index contributed by atoms with van der Waals surface area (Å²) < 4.78 is 34.3. The summed E-state index contributed by atoms with van der Waals surface area (Å²) in [5.41, 5.74) is 2.20. The molecule has 1 fully saturated rings. The maximum Gasteiger partial charge on any atom is 0.175 e. The molecular formula is C18H22O4S. The van der Waals surface area contributed by atoms with Gasteiger partial charge in [0.05, 0.1) is 30.1 Å². The molecule has 0 spiro atoms. The van der Waals surface area contributed by atoms with Crippen LogP contribution in [0.5, 0.6) is 0 Å². The van der Waals surface area contributed by atoms with Crippen molar-refractivity contribution in [2.45, 2.75) is 49.2 Å². The third-order valence-corrected chi connectivity index (χ3v) is 5.62. The largest absolute Gasteiger partial charge is 0.472 e. The van der Waals surface area contributed by atoms with E-state index >= 15 is 0 Å². The molecule has 1 aliphatic rings. The molecule has 0 amide bonds. The Morgan fingerprint density at radius 3 is 2.52 bits per heavy atom. The van der Waals surface area contributed by atoms with Crippen LogP contribution in [-0.2, 0) is 21.2 Å². The standard InChI is InChI=1S/C18H22O4S/c1-23(19,20)16-8-6-14(7-9-16)12-22-18-5-3-2-4-17(18)15-10-11-21-13-15/h6-11,13,17-18H,2-5,12H2,1H3/t17-,18+/m1/s1. The van der Waals surface area contributed by atoms with Crippen molar-refractivity contribution in [1.82, 2.24) is 0 Å². The van der Waals surface area contributed by atoms with Gasteiger partial charge in [0.2, 0.25) is 0 Å². The lowest BCUT2D eigenvalue weighted by molar-refractivity contribution is 0.00184. The number of hydrogen-bond acceptors (Lipinski definition) is 4. The highest BCUT2D eigenvalue weighted by molar-refractivity contribution is 7.90. The first-order chi connectivity index (χ1) is 11.0. The zero-order valence-corrected chi connectivity index (χ0v) is 14.1. The zero-order valence-electron chi connectivity index (χ0n) is 13.3. The molecule has 124 valence electrons. The summed E-state index contributed by atoms with van der Waals surface area (Å²) >= 11 is 0. The average molecular weight is 334 g/mol. The van der Waals surface area contributed by atoms with Crippen LogP contribution >= 0.6 is 0 Å². The van der Waals surface area contributed by atoms with Gasteiger partial charge in [-0.25, -0.2) is 8.42 Å². The van der Waals surface area contributed by atoms with E-state index in [4.69, 9.17) is 9.15 Å². The van der Waals surface area contributed by atoms with Crippen LogP contribution in [0.15, 0.2) is 52.2 Å². The fraction of sp³-hybridized carbons (Fsp3) is 0.444. The Morgan fingerprint density at radius 2 is 1.87 bits per heavy atom. The fourth-order valence-corrected chi connectivity index (χ4v) is 3.83. The van der Waals surface area contributed by atoms with E-state index in [0.29, 0.717) is 17.4 Å². The highest BCUT2D eigenvalue weighted by Crippen LogP contribution is 2.35. The van der Waals surface area contributed by atoms with Crippen molar-refractivity contribution >= 4 is 9.84 Å². The molecular weight excluding hydrogens is 312 g/mol. The summed E-state index contributed by atoms with van der Waals surface area (Å²) in [6.07, 6.45) is 9.52. The van der Waals surface area contributed by atoms with Crippen LogP contribution in [0.25, 0.3) is 0 Å². The molecule has 0 unspecified atom stereocenters. The van der Waals surface area contributed by atoms with E-state index in [9.17, 15) is 8.42 Å². The second-order valence-electron chi connectivity index (χ2n) is 6.21. The van der Waals surface area contributed by atoms with Gasteiger partial charge < -0.3 is 9.15 Å². The average Bonchev–Trinajstić information content (AvgIpc) is 3.07. The predicted octanol–water partition coefficient (Wildman–Crippen LogP) is 3.93. The lowest BCUT2D eigenvalue weighted by Crippen LogP contribution is -2.25. The van der Waals surface area contributed by atoms with Crippen molar-refractivity contribution in [3.8, 4) is 0 Å². The Bertz CT molecular complexity index is 717. The maximum absolute atomic E-state index is 11.5. The molecule has 1 heterocycles. The summed E-state index contributed by atoms with van der Waals surface area (Å²) in [5, 5.41) is 0. The Hall–Kier alpha value is -1.59. The summed E-state index contributed by atoms with van der Waals surface area (Å²) in [6, 6.07) is 8.95. The summed E-state index contributed by atoms with van der Waals surface area (Å²) in [6.45, 7) is 0.503. The van der Waals surface area contributed by atoms with Crippen LogP contribution in [0.2, 0.25) is 0 Å². The monoisotopic (exact) mass is 334 g/mol. The second-order valence-corrected chi connectivity index (χ2v) is 8.23. The van der Waals surface area contributed by atoms with Crippen molar-refractivity contribution in [1.29, 1.82) is 0 Å². The molecule has 2 atom stereocenters. The van der Waals surface area contributed by atoms with Gasteiger partial charge in [-0.2, -0.15) is 0 Å². The minimum absolute atomic E-state index is 0.191. The summed E-state index contributed by atoms with van der Waals surface area (Å²) in [5.74, 6) is 0.387. The lowest BCUT2D eigenvalue weighted by atomic mass is 9.82. The molecule has 0 radical (unpaired) electrons. The fourth-order valence-electron chi connectivity index (χ4n) is 3.20. The van der Waals surface area contributed by atoms with Crippen LogP contribution in [-0.4, -0.2) is 20.8 Å². The quantitative estimate of drug-likeness (QED) is 0.831. The van der Waals surface area contributed by atoms with Crippen molar-refractivity contribution < 1.29 is 17.6 Å². The highest BCUT2D eigenvalue weighted by atomic mass is 32.2. The molecule has 3 rings (SSSR count). The van der Waals surface area contributed by atoms with Gasteiger partial charge in [-0.1, -0.05) is 25.0 Å². The molecule has 4 nitrogen and oxygen atoms in total. The Labute approximate surface area is 137 Å². The smallest absolute Gasteiger partial charge is 0.175 e. The number of hydrogen-bond donors (Lipinski definition) is 0. The maximum atomic E-state index is 11.5. The summed E-state index contributed by atoms with van der Waals surface area (Å²) in [4.78, 5) is 0.343. The Balaban J connectivity index is 1.64. The first-order valence-electron chi connectivity index (χ1n) is 7.97. The van der Waals surface area contributed by atoms with Crippen LogP contribution in [0, 0.1) is 0 Å². The second kappa shape index (κ2) is 6.89. The van der Waals surface area contributed by atoms with Gasteiger partial charge in [0.15, 0.2) is 9.84 Å². The molecule has 0 bridgehead atoms. The molecule has 1 saturated carbocycles. The lowest BCUT2D eigenvalue weighted by Gasteiger charge is -2.31. The Morgan fingerprint density at radius 1 is 1.13 bits per heavy atom. The van der Waals surface area contributed by atoms with Gasteiger partial charge >= 0.3 is 0 Å². The molecule has 1 aromatic heterocycles. The SMILES string of the molecule is CS(=O)(=O)c1ccc(CO[C@H]2CCCC[C@@H]2c2ccoc2)cc1. The molecule has 0 saturated heterocycles. The van der Waals surface area contributed by atoms with Crippen molar-refractivity contribution in [3.63, 3.8) is 0 Å². The third kappa shape index (κ3) is 4.03.